The zero-order valence-corrected chi connectivity index (χ0v) is 11.5. The number of hydrogen-bond donors (Lipinski definition) is 0. The third kappa shape index (κ3) is 2.80. The van der Waals surface area contributed by atoms with Crippen LogP contribution >= 0.6 is 0 Å². The first-order valence-corrected chi connectivity index (χ1v) is 6.83. The highest BCUT2D eigenvalue weighted by Gasteiger charge is 2.00. The number of fused-ring (bicyclic) bond motifs is 1. The maximum atomic E-state index is 5.25. The molecule has 3 rings (SSSR count). The van der Waals surface area contributed by atoms with Crippen molar-refractivity contribution in [2.75, 3.05) is 7.11 Å². The van der Waals surface area contributed by atoms with Gasteiger partial charge in [-0.2, -0.15) is 0 Å². The molecule has 0 aliphatic carbocycles. The summed E-state index contributed by atoms with van der Waals surface area (Å²) in [5.41, 5.74) is 3.47. The van der Waals surface area contributed by atoms with E-state index in [0.717, 1.165) is 29.8 Å². The summed E-state index contributed by atoms with van der Waals surface area (Å²) >= 11 is 0. The van der Waals surface area contributed by atoms with Crippen molar-refractivity contribution >= 4 is 10.9 Å². The summed E-state index contributed by atoms with van der Waals surface area (Å²) in [6.07, 6.45) is 1.92. The molecule has 0 N–H and O–H groups in total. The van der Waals surface area contributed by atoms with Gasteiger partial charge in [0.2, 0.25) is 0 Å². The Kier molecular flexibility index (Phi) is 3.64. The SMILES string of the molecule is COc1cccc(CCc2ccc3ccccc3n2)c1. The van der Waals surface area contributed by atoms with E-state index in [1.54, 1.807) is 7.11 Å². The second kappa shape index (κ2) is 5.74. The molecular weight excluding hydrogens is 246 g/mol. The summed E-state index contributed by atoms with van der Waals surface area (Å²) in [5, 5.41) is 1.19. The van der Waals surface area contributed by atoms with E-state index in [4.69, 9.17) is 9.72 Å². The van der Waals surface area contributed by atoms with Gasteiger partial charge in [-0.3, -0.25) is 4.98 Å². The highest BCUT2D eigenvalue weighted by molar-refractivity contribution is 5.78. The van der Waals surface area contributed by atoms with Crippen molar-refractivity contribution < 1.29 is 4.74 Å². The summed E-state index contributed by atoms with van der Waals surface area (Å²) in [5.74, 6) is 0.911. The van der Waals surface area contributed by atoms with Gasteiger partial charge in [0, 0.05) is 11.1 Å². The van der Waals surface area contributed by atoms with E-state index in [1.165, 1.54) is 10.9 Å². The number of pyridine rings is 1. The molecule has 0 aliphatic rings. The molecule has 1 heterocycles. The van der Waals surface area contributed by atoms with E-state index in [-0.39, 0.29) is 0 Å². The molecule has 0 fully saturated rings. The molecule has 0 atom stereocenters. The van der Waals surface area contributed by atoms with Crippen molar-refractivity contribution in [1.82, 2.24) is 4.98 Å². The van der Waals surface area contributed by atoms with Gasteiger partial charge in [-0.15, -0.1) is 0 Å². The Balaban J connectivity index is 1.76. The van der Waals surface area contributed by atoms with Gasteiger partial charge in [0.15, 0.2) is 0 Å². The van der Waals surface area contributed by atoms with Gasteiger partial charge >= 0.3 is 0 Å². The molecule has 0 bridgehead atoms. The lowest BCUT2D eigenvalue weighted by Crippen LogP contribution is -1.95. The summed E-state index contributed by atoms with van der Waals surface area (Å²) in [6, 6.07) is 20.7. The van der Waals surface area contributed by atoms with Crippen LogP contribution in [-0.2, 0) is 12.8 Å². The predicted octanol–water partition coefficient (Wildman–Crippen LogP) is 4.03. The minimum atomic E-state index is 0.911. The molecule has 0 aliphatic heterocycles. The highest BCUT2D eigenvalue weighted by atomic mass is 16.5. The van der Waals surface area contributed by atoms with Crippen molar-refractivity contribution in [3.8, 4) is 5.75 Å². The van der Waals surface area contributed by atoms with Gasteiger partial charge in [0.05, 0.1) is 12.6 Å². The average Bonchev–Trinajstić information content (AvgIpc) is 2.53. The molecule has 20 heavy (non-hydrogen) atoms. The number of ether oxygens (including phenoxy) is 1. The molecule has 2 nitrogen and oxygen atoms in total. The van der Waals surface area contributed by atoms with Crippen LogP contribution in [0.25, 0.3) is 10.9 Å². The maximum absolute atomic E-state index is 5.25. The second-order valence-electron chi connectivity index (χ2n) is 4.85. The standard InChI is InChI=1S/C18H17NO/c1-20-17-7-4-5-14(13-17)9-11-16-12-10-15-6-2-3-8-18(15)19-16/h2-8,10,12-13H,9,11H2,1H3. The first-order valence-electron chi connectivity index (χ1n) is 6.83. The minimum Gasteiger partial charge on any atom is -0.497 e. The van der Waals surface area contributed by atoms with Crippen LogP contribution in [-0.4, -0.2) is 12.1 Å². The largest absolute Gasteiger partial charge is 0.497 e. The Morgan fingerprint density at radius 1 is 0.900 bits per heavy atom. The van der Waals surface area contributed by atoms with Gasteiger partial charge in [-0.1, -0.05) is 36.4 Å². The smallest absolute Gasteiger partial charge is 0.119 e. The number of rotatable bonds is 4. The van der Waals surface area contributed by atoms with Crippen molar-refractivity contribution in [3.05, 3.63) is 71.9 Å². The molecule has 3 aromatic rings. The van der Waals surface area contributed by atoms with Gasteiger partial charge in [0.1, 0.15) is 5.75 Å². The molecule has 2 aromatic carbocycles. The molecule has 0 spiro atoms. The van der Waals surface area contributed by atoms with Crippen LogP contribution in [0.15, 0.2) is 60.7 Å². The molecule has 100 valence electrons. The molecule has 2 heteroatoms. The normalized spacial score (nSPS) is 10.7. The number of nitrogens with zero attached hydrogens (tertiary/aromatic N) is 1. The lowest BCUT2D eigenvalue weighted by Gasteiger charge is -2.05. The van der Waals surface area contributed by atoms with Crippen LogP contribution < -0.4 is 4.74 Å². The van der Waals surface area contributed by atoms with E-state index in [0.29, 0.717) is 0 Å². The number of benzene rings is 2. The van der Waals surface area contributed by atoms with Crippen LogP contribution in [0.5, 0.6) is 5.75 Å². The fraction of sp³-hybridized carbons (Fsp3) is 0.167. The van der Waals surface area contributed by atoms with Crippen LogP contribution in [0, 0.1) is 0 Å². The van der Waals surface area contributed by atoms with Crippen molar-refractivity contribution in [1.29, 1.82) is 0 Å². The number of aromatic nitrogens is 1. The summed E-state index contributed by atoms with van der Waals surface area (Å²) in [6.45, 7) is 0. The van der Waals surface area contributed by atoms with E-state index in [2.05, 4.69) is 36.4 Å². The minimum absolute atomic E-state index is 0.911. The first-order chi connectivity index (χ1) is 9.85. The van der Waals surface area contributed by atoms with Gasteiger partial charge < -0.3 is 4.74 Å². The van der Waals surface area contributed by atoms with Crippen molar-refractivity contribution in [2.45, 2.75) is 12.8 Å². The molecule has 0 saturated carbocycles. The van der Waals surface area contributed by atoms with Gasteiger partial charge in [-0.05, 0) is 42.7 Å². The van der Waals surface area contributed by atoms with E-state index < -0.39 is 0 Å². The van der Waals surface area contributed by atoms with Crippen molar-refractivity contribution in [2.24, 2.45) is 0 Å². The Morgan fingerprint density at radius 3 is 2.70 bits per heavy atom. The molecule has 0 unspecified atom stereocenters. The second-order valence-corrected chi connectivity index (χ2v) is 4.85. The van der Waals surface area contributed by atoms with E-state index >= 15 is 0 Å². The molecule has 0 radical (unpaired) electrons. The number of hydrogen-bond acceptors (Lipinski definition) is 2. The maximum Gasteiger partial charge on any atom is 0.119 e. The quantitative estimate of drug-likeness (QED) is 0.709. The lowest BCUT2D eigenvalue weighted by molar-refractivity contribution is 0.414. The van der Waals surface area contributed by atoms with Crippen LogP contribution in [0.3, 0.4) is 0 Å². The summed E-state index contributed by atoms with van der Waals surface area (Å²) in [4.78, 5) is 4.70. The Bertz CT molecular complexity index is 721. The number of methoxy groups -OCH3 is 1. The monoisotopic (exact) mass is 263 g/mol. The van der Waals surface area contributed by atoms with Crippen LogP contribution in [0.2, 0.25) is 0 Å². The molecular formula is C18H17NO. The van der Waals surface area contributed by atoms with Gasteiger partial charge in [0.25, 0.3) is 0 Å². The van der Waals surface area contributed by atoms with Crippen molar-refractivity contribution in [3.63, 3.8) is 0 Å². The van der Waals surface area contributed by atoms with Crippen LogP contribution in [0.4, 0.5) is 0 Å². The van der Waals surface area contributed by atoms with Crippen LogP contribution in [0.1, 0.15) is 11.3 Å². The predicted molar refractivity (Wildman–Crippen MR) is 82.1 cm³/mol. The highest BCUT2D eigenvalue weighted by Crippen LogP contribution is 2.16. The third-order valence-electron chi connectivity index (χ3n) is 3.46. The lowest BCUT2D eigenvalue weighted by atomic mass is 10.1. The third-order valence-corrected chi connectivity index (χ3v) is 3.46. The first kappa shape index (κ1) is 12.7. The average molecular weight is 263 g/mol. The topological polar surface area (TPSA) is 22.1 Å². The fourth-order valence-electron chi connectivity index (χ4n) is 2.35. The van der Waals surface area contributed by atoms with E-state index in [9.17, 15) is 0 Å². The molecule has 0 saturated heterocycles. The Morgan fingerprint density at radius 2 is 1.80 bits per heavy atom. The summed E-state index contributed by atoms with van der Waals surface area (Å²) < 4.78 is 5.25. The zero-order valence-electron chi connectivity index (χ0n) is 11.5. The Hall–Kier alpha value is -2.35. The van der Waals surface area contributed by atoms with Gasteiger partial charge in [-0.25, -0.2) is 0 Å². The molecule has 0 amide bonds. The zero-order chi connectivity index (χ0) is 13.8. The molecule has 1 aromatic heterocycles. The Labute approximate surface area is 119 Å². The van der Waals surface area contributed by atoms with E-state index in [1.807, 2.05) is 24.3 Å². The fourth-order valence-corrected chi connectivity index (χ4v) is 2.35. The number of para-hydroxylation sites is 1. The summed E-state index contributed by atoms with van der Waals surface area (Å²) in [7, 11) is 1.70. The number of aryl methyl sites for hydroxylation is 2.